The van der Waals surface area contributed by atoms with E-state index in [1.807, 2.05) is 0 Å². The molecule has 1 aromatic carbocycles. The Bertz CT molecular complexity index is 1030. The molecule has 0 saturated carbocycles. The number of hydrogen-bond donors (Lipinski definition) is 0. The normalized spacial score (nSPS) is 18.0. The summed E-state index contributed by atoms with van der Waals surface area (Å²) >= 11 is 0. The molecule has 1 heterocycles. The van der Waals surface area contributed by atoms with Crippen molar-refractivity contribution in [2.75, 3.05) is 26.3 Å². The highest BCUT2D eigenvalue weighted by molar-refractivity contribution is 5.55. The largest absolute Gasteiger partial charge is 0.460 e. The molecule has 1 saturated heterocycles. The average Bonchev–Trinajstić information content (AvgIpc) is 2.82. The van der Waals surface area contributed by atoms with Crippen molar-refractivity contribution in [1.29, 1.82) is 0 Å². The first-order chi connectivity index (χ1) is 17.3. The first-order valence-electron chi connectivity index (χ1n) is 10.1. The van der Waals surface area contributed by atoms with Gasteiger partial charge in [-0.15, -0.1) is 0 Å². The zero-order valence-corrected chi connectivity index (χ0v) is 18.6. The molecular weight excluding hydrogens is 593 g/mol. The van der Waals surface area contributed by atoms with E-state index in [-0.39, 0.29) is 11.0 Å². The molecule has 0 atom stereocenters. The minimum absolute atomic E-state index is 0.0397. The van der Waals surface area contributed by atoms with Crippen molar-refractivity contribution in [3.63, 3.8) is 0 Å². The van der Waals surface area contributed by atoms with Crippen molar-refractivity contribution in [3.05, 3.63) is 41.6 Å². The number of rotatable bonds is 9. The van der Waals surface area contributed by atoms with E-state index in [1.54, 1.807) is 0 Å². The molecular formula is C20H14F17NO. The minimum atomic E-state index is -8.66. The number of hydrogen-bond acceptors (Lipinski definition) is 2. The Labute approximate surface area is 207 Å². The summed E-state index contributed by atoms with van der Waals surface area (Å²) in [7, 11) is 0. The molecule has 224 valence electrons. The molecule has 0 spiro atoms. The van der Waals surface area contributed by atoms with Crippen molar-refractivity contribution in [2.45, 2.75) is 47.6 Å². The third-order valence-electron chi connectivity index (χ3n) is 5.50. The van der Waals surface area contributed by atoms with Crippen LogP contribution in [0.4, 0.5) is 74.6 Å². The van der Waals surface area contributed by atoms with Crippen LogP contribution in [0.25, 0.3) is 6.08 Å². The lowest BCUT2D eigenvalue weighted by Crippen LogP contribution is -2.74. The van der Waals surface area contributed by atoms with E-state index in [0.29, 0.717) is 0 Å². The van der Waals surface area contributed by atoms with Gasteiger partial charge in [-0.1, -0.05) is 30.3 Å². The number of morpholine rings is 1. The van der Waals surface area contributed by atoms with Gasteiger partial charge in [-0.2, -0.15) is 74.6 Å². The average molecular weight is 607 g/mol. The smallest absolute Gasteiger partial charge is 0.378 e. The standard InChI is InChI=1S/C20H14F17NO/c21-13(22,12(38-6-8-39-9-7-38)10-11-4-2-1-3-5-11)14(23,24)15(25,26)16(27,28)17(29,30)18(31,32)19(33,34)20(35,36)37/h1-5,10H,6-9H2/b12-10-. The highest BCUT2D eigenvalue weighted by Gasteiger charge is 2.95. The van der Waals surface area contributed by atoms with Gasteiger partial charge in [-0.3, -0.25) is 0 Å². The SMILES string of the molecule is FC(F)(F)C(F)(F)C(F)(F)C(F)(F)C(F)(F)C(F)(F)C(F)(F)C(F)(F)/C(=C/c1ccccc1)N1CCOCC1. The molecule has 0 unspecified atom stereocenters. The lowest BCUT2D eigenvalue weighted by molar-refractivity contribution is -0.460. The number of benzene rings is 1. The number of allylic oxidation sites excluding steroid dienone is 1. The van der Waals surface area contributed by atoms with Crippen LogP contribution < -0.4 is 0 Å². The van der Waals surface area contributed by atoms with E-state index < -0.39 is 85.2 Å². The predicted molar refractivity (Wildman–Crippen MR) is 97.5 cm³/mol. The first kappa shape index (κ1) is 32.7. The second kappa shape index (κ2) is 9.87. The molecule has 0 aromatic heterocycles. The molecule has 0 aliphatic carbocycles. The molecule has 1 fully saturated rings. The zero-order valence-electron chi connectivity index (χ0n) is 18.6. The Morgan fingerprint density at radius 2 is 0.949 bits per heavy atom. The van der Waals surface area contributed by atoms with E-state index in [9.17, 15) is 74.6 Å². The maximum absolute atomic E-state index is 15.0. The van der Waals surface area contributed by atoms with E-state index >= 15 is 0 Å². The lowest BCUT2D eigenvalue weighted by Gasteiger charge is -2.44. The Morgan fingerprint density at radius 3 is 1.36 bits per heavy atom. The van der Waals surface area contributed by atoms with Crippen LogP contribution in [0.15, 0.2) is 36.0 Å². The summed E-state index contributed by atoms with van der Waals surface area (Å²) in [6.45, 7) is -2.65. The van der Waals surface area contributed by atoms with Gasteiger partial charge in [0.05, 0.1) is 18.9 Å². The van der Waals surface area contributed by atoms with Crippen molar-refractivity contribution in [2.24, 2.45) is 0 Å². The number of ether oxygens (including phenoxy) is 1. The Balaban J connectivity index is 2.71. The molecule has 0 radical (unpaired) electrons. The molecule has 0 bridgehead atoms. The molecule has 2 rings (SSSR count). The van der Waals surface area contributed by atoms with E-state index in [4.69, 9.17) is 4.74 Å². The fourth-order valence-electron chi connectivity index (χ4n) is 3.22. The van der Waals surface area contributed by atoms with E-state index in [1.165, 1.54) is 6.07 Å². The van der Waals surface area contributed by atoms with Crippen LogP contribution in [0.1, 0.15) is 5.56 Å². The van der Waals surface area contributed by atoms with Crippen LogP contribution in [0.2, 0.25) is 0 Å². The second-order valence-electron chi connectivity index (χ2n) is 8.06. The fraction of sp³-hybridized carbons (Fsp3) is 0.600. The van der Waals surface area contributed by atoms with Crippen LogP contribution in [0, 0.1) is 0 Å². The summed E-state index contributed by atoms with van der Waals surface area (Å²) in [4.78, 5) is 0.184. The topological polar surface area (TPSA) is 12.5 Å². The predicted octanol–water partition coefficient (Wildman–Crippen LogP) is 7.37. The summed E-state index contributed by atoms with van der Waals surface area (Å²) in [6.07, 6.45) is -7.75. The van der Waals surface area contributed by atoms with Gasteiger partial charge < -0.3 is 9.64 Å². The van der Waals surface area contributed by atoms with Crippen LogP contribution >= 0.6 is 0 Å². The van der Waals surface area contributed by atoms with Crippen LogP contribution in [-0.4, -0.2) is 78.8 Å². The quantitative estimate of drug-likeness (QED) is 0.272. The van der Waals surface area contributed by atoms with Gasteiger partial charge in [0.2, 0.25) is 0 Å². The third-order valence-corrected chi connectivity index (χ3v) is 5.50. The van der Waals surface area contributed by atoms with Crippen molar-refractivity contribution in [1.82, 2.24) is 4.90 Å². The van der Waals surface area contributed by atoms with Crippen molar-refractivity contribution in [3.8, 4) is 0 Å². The summed E-state index contributed by atoms with van der Waals surface area (Å²) in [5.74, 6) is -56.8. The highest BCUT2D eigenvalue weighted by atomic mass is 19.4. The maximum atomic E-state index is 15.0. The summed E-state index contributed by atoms with van der Waals surface area (Å²) in [6, 6.07) is 5.29. The second-order valence-corrected chi connectivity index (χ2v) is 8.06. The van der Waals surface area contributed by atoms with Gasteiger partial charge in [-0.25, -0.2) is 0 Å². The molecule has 19 heteroatoms. The highest BCUT2D eigenvalue weighted by Crippen LogP contribution is 2.64. The Hall–Kier alpha value is -2.47. The van der Waals surface area contributed by atoms with E-state index in [2.05, 4.69) is 0 Å². The summed E-state index contributed by atoms with van der Waals surface area (Å²) in [5.41, 5.74) is -2.70. The third kappa shape index (κ3) is 4.87. The Kier molecular flexibility index (Phi) is 8.28. The van der Waals surface area contributed by atoms with Gasteiger partial charge in [0, 0.05) is 13.1 Å². The van der Waals surface area contributed by atoms with Crippen LogP contribution in [0.3, 0.4) is 0 Å². The first-order valence-corrected chi connectivity index (χ1v) is 10.1. The zero-order chi connectivity index (χ0) is 30.5. The molecule has 1 aliphatic heterocycles. The lowest BCUT2D eigenvalue weighted by atomic mass is 9.87. The molecule has 0 N–H and O–H groups in total. The van der Waals surface area contributed by atoms with Crippen molar-refractivity contribution >= 4 is 6.08 Å². The number of halogens is 17. The molecule has 1 aromatic rings. The summed E-state index contributed by atoms with van der Waals surface area (Å²) in [5, 5.41) is 0. The monoisotopic (exact) mass is 607 g/mol. The van der Waals surface area contributed by atoms with Gasteiger partial charge >= 0.3 is 47.6 Å². The van der Waals surface area contributed by atoms with Gasteiger partial charge in [0.1, 0.15) is 0 Å². The van der Waals surface area contributed by atoms with E-state index in [0.717, 1.165) is 24.3 Å². The molecule has 1 aliphatic rings. The molecule has 39 heavy (non-hydrogen) atoms. The van der Waals surface area contributed by atoms with Gasteiger partial charge in [0.25, 0.3) is 0 Å². The Morgan fingerprint density at radius 1 is 0.564 bits per heavy atom. The maximum Gasteiger partial charge on any atom is 0.460 e. The number of nitrogens with zero attached hydrogens (tertiary/aromatic N) is 1. The van der Waals surface area contributed by atoms with Crippen LogP contribution in [-0.2, 0) is 4.74 Å². The van der Waals surface area contributed by atoms with Crippen molar-refractivity contribution < 1.29 is 79.4 Å². The van der Waals surface area contributed by atoms with Gasteiger partial charge in [-0.05, 0) is 11.6 Å². The number of alkyl halides is 17. The fourth-order valence-corrected chi connectivity index (χ4v) is 3.22. The van der Waals surface area contributed by atoms with Gasteiger partial charge in [0.15, 0.2) is 0 Å². The minimum Gasteiger partial charge on any atom is -0.378 e. The van der Waals surface area contributed by atoms with Crippen LogP contribution in [0.5, 0.6) is 0 Å². The molecule has 0 amide bonds. The molecule has 2 nitrogen and oxygen atoms in total. The summed E-state index contributed by atoms with van der Waals surface area (Å²) < 4.78 is 237.